The van der Waals surface area contributed by atoms with Crippen LogP contribution in [0.3, 0.4) is 0 Å². The SMILES string of the molecule is CCCCC/C=C/C/C=C/CCC/C=C/C=C/CCCCC(=O)O. The molecule has 0 amide bonds. The zero-order valence-electron chi connectivity index (χ0n) is 15.5. The summed E-state index contributed by atoms with van der Waals surface area (Å²) in [6.07, 6.45) is 30.3. The number of hydrogen-bond donors (Lipinski definition) is 1. The molecule has 0 atom stereocenters. The van der Waals surface area contributed by atoms with Gasteiger partial charge in [-0.3, -0.25) is 4.79 Å². The van der Waals surface area contributed by atoms with Crippen molar-refractivity contribution in [1.29, 1.82) is 0 Å². The molecule has 136 valence electrons. The lowest BCUT2D eigenvalue weighted by atomic mass is 10.1. The fraction of sp³-hybridized carbons (Fsp3) is 0.591. The molecule has 0 spiro atoms. The van der Waals surface area contributed by atoms with E-state index < -0.39 is 5.97 Å². The molecule has 0 heterocycles. The van der Waals surface area contributed by atoms with E-state index in [9.17, 15) is 4.79 Å². The molecule has 0 aromatic carbocycles. The van der Waals surface area contributed by atoms with E-state index >= 15 is 0 Å². The van der Waals surface area contributed by atoms with Crippen molar-refractivity contribution in [2.45, 2.75) is 84.0 Å². The van der Waals surface area contributed by atoms with Gasteiger partial charge in [0.25, 0.3) is 0 Å². The van der Waals surface area contributed by atoms with E-state index in [0.717, 1.165) is 38.5 Å². The van der Waals surface area contributed by atoms with Gasteiger partial charge in [-0.15, -0.1) is 0 Å². The van der Waals surface area contributed by atoms with Gasteiger partial charge in [-0.25, -0.2) is 0 Å². The molecule has 0 bridgehead atoms. The van der Waals surface area contributed by atoms with Crippen molar-refractivity contribution in [3.63, 3.8) is 0 Å². The van der Waals surface area contributed by atoms with Crippen molar-refractivity contribution in [3.05, 3.63) is 48.6 Å². The average Bonchev–Trinajstić information content (AvgIpc) is 2.56. The van der Waals surface area contributed by atoms with E-state index in [1.807, 2.05) is 0 Å². The Morgan fingerprint density at radius 1 is 0.708 bits per heavy atom. The van der Waals surface area contributed by atoms with Crippen LogP contribution in [0.15, 0.2) is 48.6 Å². The Labute approximate surface area is 149 Å². The number of aliphatic carboxylic acids is 1. The summed E-state index contributed by atoms with van der Waals surface area (Å²) < 4.78 is 0. The maximum atomic E-state index is 10.3. The summed E-state index contributed by atoms with van der Waals surface area (Å²) in [7, 11) is 0. The quantitative estimate of drug-likeness (QED) is 0.188. The molecule has 0 aliphatic heterocycles. The molecule has 0 saturated carbocycles. The first kappa shape index (κ1) is 22.4. The Kier molecular flexibility index (Phi) is 18.2. The molecule has 24 heavy (non-hydrogen) atoms. The number of rotatable bonds is 16. The van der Waals surface area contributed by atoms with Crippen molar-refractivity contribution in [1.82, 2.24) is 0 Å². The first-order valence-electron chi connectivity index (χ1n) is 9.60. The maximum absolute atomic E-state index is 10.3. The fourth-order valence-corrected chi connectivity index (χ4v) is 2.26. The van der Waals surface area contributed by atoms with Crippen LogP contribution in [0.4, 0.5) is 0 Å². The molecular formula is C22H36O2. The summed E-state index contributed by atoms with van der Waals surface area (Å²) in [6.45, 7) is 2.24. The van der Waals surface area contributed by atoms with Gasteiger partial charge in [0.2, 0.25) is 0 Å². The lowest BCUT2D eigenvalue weighted by molar-refractivity contribution is -0.137. The minimum absolute atomic E-state index is 0.284. The van der Waals surface area contributed by atoms with Crippen LogP contribution in [0.25, 0.3) is 0 Å². The number of carbonyl (C=O) groups is 1. The number of allylic oxidation sites excluding steroid dienone is 8. The molecule has 2 heteroatoms. The van der Waals surface area contributed by atoms with Gasteiger partial charge in [0, 0.05) is 6.42 Å². The Morgan fingerprint density at radius 2 is 1.25 bits per heavy atom. The number of carboxylic acids is 1. The lowest BCUT2D eigenvalue weighted by Gasteiger charge is -1.92. The lowest BCUT2D eigenvalue weighted by Crippen LogP contribution is -1.92. The highest BCUT2D eigenvalue weighted by Crippen LogP contribution is 2.03. The summed E-state index contributed by atoms with van der Waals surface area (Å²) >= 11 is 0. The Morgan fingerprint density at radius 3 is 1.88 bits per heavy atom. The third kappa shape index (κ3) is 20.4. The number of hydrogen-bond acceptors (Lipinski definition) is 1. The van der Waals surface area contributed by atoms with Crippen molar-refractivity contribution >= 4 is 5.97 Å². The van der Waals surface area contributed by atoms with Crippen LogP contribution in [0, 0.1) is 0 Å². The maximum Gasteiger partial charge on any atom is 0.303 e. The zero-order valence-corrected chi connectivity index (χ0v) is 15.5. The molecule has 2 nitrogen and oxygen atoms in total. The molecule has 0 fully saturated rings. The minimum Gasteiger partial charge on any atom is -0.481 e. The molecule has 0 rings (SSSR count). The summed E-state index contributed by atoms with van der Waals surface area (Å²) in [4.78, 5) is 10.3. The standard InChI is InChI=1S/C22H36O2/c1-2-3-4-5-6-7-8-9-10-11-12-13-14-15-16-17-18-19-20-21-22(23)24/h6-7,9-10,14-17H,2-5,8,11-13,18-21H2,1H3,(H,23,24)/b7-6+,10-9+,15-14+,17-16+. The summed E-state index contributed by atoms with van der Waals surface area (Å²) in [6, 6.07) is 0. The second kappa shape index (κ2) is 19.5. The smallest absolute Gasteiger partial charge is 0.303 e. The van der Waals surface area contributed by atoms with Crippen LogP contribution < -0.4 is 0 Å². The highest BCUT2D eigenvalue weighted by Gasteiger charge is 1.93. The zero-order chi connectivity index (χ0) is 17.7. The van der Waals surface area contributed by atoms with E-state index in [1.165, 1.54) is 32.1 Å². The van der Waals surface area contributed by atoms with Gasteiger partial charge in [0.15, 0.2) is 0 Å². The number of unbranched alkanes of at least 4 members (excludes halogenated alkanes) is 7. The monoisotopic (exact) mass is 332 g/mol. The average molecular weight is 333 g/mol. The second-order valence-corrected chi connectivity index (χ2v) is 6.10. The van der Waals surface area contributed by atoms with Crippen molar-refractivity contribution < 1.29 is 9.90 Å². The van der Waals surface area contributed by atoms with Crippen molar-refractivity contribution in [2.75, 3.05) is 0 Å². The third-order valence-corrected chi connectivity index (χ3v) is 3.72. The molecule has 0 aliphatic carbocycles. The molecular weight excluding hydrogens is 296 g/mol. The Bertz CT molecular complexity index is 389. The van der Waals surface area contributed by atoms with Crippen LogP contribution >= 0.6 is 0 Å². The predicted octanol–water partition coefficient (Wildman–Crippen LogP) is 7.00. The molecule has 0 unspecified atom stereocenters. The Balaban J connectivity index is 3.36. The van der Waals surface area contributed by atoms with Gasteiger partial charge >= 0.3 is 5.97 Å². The van der Waals surface area contributed by atoms with E-state index in [1.54, 1.807) is 0 Å². The topological polar surface area (TPSA) is 37.3 Å². The van der Waals surface area contributed by atoms with Gasteiger partial charge in [0.1, 0.15) is 0 Å². The van der Waals surface area contributed by atoms with E-state index in [4.69, 9.17) is 5.11 Å². The number of carboxylic acid groups (broad SMARTS) is 1. The predicted molar refractivity (Wildman–Crippen MR) is 105 cm³/mol. The van der Waals surface area contributed by atoms with Crippen LogP contribution in [0.1, 0.15) is 84.0 Å². The van der Waals surface area contributed by atoms with Crippen molar-refractivity contribution in [3.8, 4) is 0 Å². The molecule has 0 aliphatic rings. The van der Waals surface area contributed by atoms with Gasteiger partial charge in [0.05, 0.1) is 0 Å². The fourth-order valence-electron chi connectivity index (χ4n) is 2.26. The van der Waals surface area contributed by atoms with Crippen LogP contribution in [-0.4, -0.2) is 11.1 Å². The van der Waals surface area contributed by atoms with Gasteiger partial charge in [-0.1, -0.05) is 68.4 Å². The molecule has 0 radical (unpaired) electrons. The first-order chi connectivity index (χ1) is 11.8. The van der Waals surface area contributed by atoms with Gasteiger partial charge in [-0.05, 0) is 57.8 Å². The Hall–Kier alpha value is -1.57. The third-order valence-electron chi connectivity index (χ3n) is 3.72. The van der Waals surface area contributed by atoms with Crippen molar-refractivity contribution in [2.24, 2.45) is 0 Å². The largest absolute Gasteiger partial charge is 0.481 e. The summed E-state index contributed by atoms with van der Waals surface area (Å²) in [5.41, 5.74) is 0. The highest BCUT2D eigenvalue weighted by atomic mass is 16.4. The summed E-state index contributed by atoms with van der Waals surface area (Å²) in [5, 5.41) is 8.52. The summed E-state index contributed by atoms with van der Waals surface area (Å²) in [5.74, 6) is -0.698. The molecule has 0 aromatic rings. The molecule has 0 saturated heterocycles. The van der Waals surface area contributed by atoms with Crippen LogP contribution in [0.5, 0.6) is 0 Å². The molecule has 0 aromatic heterocycles. The minimum atomic E-state index is -0.698. The second-order valence-electron chi connectivity index (χ2n) is 6.10. The van der Waals surface area contributed by atoms with Crippen LogP contribution in [0.2, 0.25) is 0 Å². The van der Waals surface area contributed by atoms with E-state index in [-0.39, 0.29) is 6.42 Å². The highest BCUT2D eigenvalue weighted by molar-refractivity contribution is 5.66. The molecule has 1 N–H and O–H groups in total. The van der Waals surface area contributed by atoms with Gasteiger partial charge < -0.3 is 5.11 Å². The van der Waals surface area contributed by atoms with Crippen LogP contribution in [-0.2, 0) is 4.79 Å². The van der Waals surface area contributed by atoms with E-state index in [2.05, 4.69) is 55.5 Å². The van der Waals surface area contributed by atoms with E-state index in [0.29, 0.717) is 0 Å². The van der Waals surface area contributed by atoms with Gasteiger partial charge in [-0.2, -0.15) is 0 Å². The first-order valence-corrected chi connectivity index (χ1v) is 9.60. The normalized spacial score (nSPS) is 12.4.